The fourth-order valence-electron chi connectivity index (χ4n) is 2.18. The maximum Gasteiger partial charge on any atom is 0.326 e. The SMILES string of the molecule is COc1cccc(-c2nc(CC(=O)N[C@H](CCSC)C(=O)O)cs2)c1. The molecule has 0 saturated carbocycles. The van der Waals surface area contributed by atoms with Gasteiger partial charge in [-0.25, -0.2) is 9.78 Å². The minimum Gasteiger partial charge on any atom is -0.497 e. The van der Waals surface area contributed by atoms with Crippen molar-refractivity contribution in [2.24, 2.45) is 0 Å². The average Bonchev–Trinajstić information content (AvgIpc) is 3.06. The quantitative estimate of drug-likeness (QED) is 0.695. The van der Waals surface area contributed by atoms with Crippen LogP contribution in [0.25, 0.3) is 10.6 Å². The molecule has 1 amide bonds. The molecule has 2 N–H and O–H groups in total. The van der Waals surface area contributed by atoms with E-state index in [0.717, 1.165) is 16.3 Å². The minimum atomic E-state index is -1.02. The number of rotatable bonds is 9. The van der Waals surface area contributed by atoms with Gasteiger partial charge >= 0.3 is 5.97 Å². The number of amides is 1. The maximum absolute atomic E-state index is 12.1. The summed E-state index contributed by atoms with van der Waals surface area (Å²) < 4.78 is 5.20. The monoisotopic (exact) mass is 380 g/mol. The van der Waals surface area contributed by atoms with Crippen LogP contribution in [0.5, 0.6) is 5.75 Å². The molecule has 0 bridgehead atoms. The van der Waals surface area contributed by atoms with Gasteiger partial charge in [-0.3, -0.25) is 4.79 Å². The number of aliphatic carboxylic acids is 1. The summed E-state index contributed by atoms with van der Waals surface area (Å²) in [5, 5.41) is 14.3. The lowest BCUT2D eigenvalue weighted by molar-refractivity contribution is -0.141. The predicted molar refractivity (Wildman–Crippen MR) is 100 cm³/mol. The molecule has 25 heavy (non-hydrogen) atoms. The molecular weight excluding hydrogens is 360 g/mol. The van der Waals surface area contributed by atoms with Crippen molar-refractivity contribution in [1.29, 1.82) is 0 Å². The van der Waals surface area contributed by atoms with Crippen LogP contribution in [0.2, 0.25) is 0 Å². The zero-order valence-corrected chi connectivity index (χ0v) is 15.7. The Bertz CT molecular complexity index is 733. The van der Waals surface area contributed by atoms with Gasteiger partial charge in [0.1, 0.15) is 16.8 Å². The Morgan fingerprint density at radius 1 is 1.44 bits per heavy atom. The van der Waals surface area contributed by atoms with E-state index in [4.69, 9.17) is 9.84 Å². The van der Waals surface area contributed by atoms with Crippen molar-refractivity contribution >= 4 is 35.0 Å². The van der Waals surface area contributed by atoms with Gasteiger partial charge in [0.2, 0.25) is 5.91 Å². The van der Waals surface area contributed by atoms with Crippen molar-refractivity contribution in [3.63, 3.8) is 0 Å². The van der Waals surface area contributed by atoms with Gasteiger partial charge in [-0.2, -0.15) is 11.8 Å². The first-order valence-corrected chi connectivity index (χ1v) is 9.90. The Morgan fingerprint density at radius 3 is 2.92 bits per heavy atom. The number of benzene rings is 1. The number of nitrogens with one attached hydrogen (secondary N) is 1. The van der Waals surface area contributed by atoms with Crippen LogP contribution in [0, 0.1) is 0 Å². The molecule has 0 aliphatic carbocycles. The van der Waals surface area contributed by atoms with Crippen molar-refractivity contribution in [3.8, 4) is 16.3 Å². The fourth-order valence-corrected chi connectivity index (χ4v) is 3.47. The lowest BCUT2D eigenvalue weighted by Gasteiger charge is -2.13. The Labute approximate surface area is 154 Å². The van der Waals surface area contributed by atoms with E-state index in [-0.39, 0.29) is 12.3 Å². The van der Waals surface area contributed by atoms with Gasteiger partial charge in [0, 0.05) is 10.9 Å². The van der Waals surface area contributed by atoms with E-state index in [1.54, 1.807) is 18.9 Å². The highest BCUT2D eigenvalue weighted by Gasteiger charge is 2.20. The van der Waals surface area contributed by atoms with E-state index < -0.39 is 12.0 Å². The number of carboxylic acid groups (broad SMARTS) is 1. The molecule has 1 aromatic carbocycles. The number of aromatic nitrogens is 1. The zero-order chi connectivity index (χ0) is 18.2. The van der Waals surface area contributed by atoms with Gasteiger partial charge in [-0.1, -0.05) is 12.1 Å². The first kappa shape index (κ1) is 19.3. The average molecular weight is 380 g/mol. The molecule has 134 valence electrons. The number of carbonyl (C=O) groups is 2. The number of hydrogen-bond donors (Lipinski definition) is 2. The summed E-state index contributed by atoms with van der Waals surface area (Å²) in [4.78, 5) is 27.8. The van der Waals surface area contributed by atoms with Crippen molar-refractivity contribution in [2.45, 2.75) is 18.9 Å². The van der Waals surface area contributed by atoms with Crippen LogP contribution in [0.15, 0.2) is 29.6 Å². The number of ether oxygens (including phenoxy) is 1. The number of hydrogen-bond acceptors (Lipinski definition) is 6. The van der Waals surface area contributed by atoms with Crippen molar-refractivity contribution < 1.29 is 19.4 Å². The van der Waals surface area contributed by atoms with Gasteiger partial charge in [-0.05, 0) is 30.6 Å². The number of thioether (sulfide) groups is 1. The van der Waals surface area contributed by atoms with Crippen LogP contribution >= 0.6 is 23.1 Å². The molecule has 2 rings (SSSR count). The molecule has 2 aromatic rings. The molecule has 0 aliphatic rings. The number of methoxy groups -OCH3 is 1. The minimum absolute atomic E-state index is 0.0590. The highest BCUT2D eigenvalue weighted by atomic mass is 32.2. The molecule has 0 radical (unpaired) electrons. The second kappa shape index (κ2) is 9.43. The molecule has 6 nitrogen and oxygen atoms in total. The van der Waals surface area contributed by atoms with Crippen molar-refractivity contribution in [2.75, 3.05) is 19.1 Å². The number of nitrogens with zero attached hydrogens (tertiary/aromatic N) is 1. The molecule has 8 heteroatoms. The lowest BCUT2D eigenvalue weighted by Crippen LogP contribution is -2.41. The largest absolute Gasteiger partial charge is 0.497 e. The molecule has 1 heterocycles. The van der Waals surface area contributed by atoms with E-state index in [2.05, 4.69) is 10.3 Å². The molecular formula is C17H20N2O4S2. The van der Waals surface area contributed by atoms with Crippen LogP contribution in [-0.4, -0.2) is 47.1 Å². The van der Waals surface area contributed by atoms with E-state index in [1.165, 1.54) is 11.3 Å². The molecule has 1 aromatic heterocycles. The van der Waals surface area contributed by atoms with Gasteiger partial charge in [-0.15, -0.1) is 11.3 Å². The Morgan fingerprint density at radius 2 is 2.24 bits per heavy atom. The molecule has 0 spiro atoms. The summed E-state index contributed by atoms with van der Waals surface area (Å²) in [5.41, 5.74) is 1.54. The smallest absolute Gasteiger partial charge is 0.326 e. The predicted octanol–water partition coefficient (Wildman–Crippen LogP) is 2.68. The van der Waals surface area contributed by atoms with Gasteiger partial charge < -0.3 is 15.2 Å². The third-order valence-electron chi connectivity index (χ3n) is 3.45. The Balaban J connectivity index is 2.00. The fraction of sp³-hybridized carbons (Fsp3) is 0.353. The summed E-state index contributed by atoms with van der Waals surface area (Å²) in [6.07, 6.45) is 2.36. The first-order chi connectivity index (χ1) is 12.0. The number of thiazole rings is 1. The second-order valence-corrected chi connectivity index (χ2v) is 7.14. The normalized spacial score (nSPS) is 11.8. The highest BCUT2D eigenvalue weighted by molar-refractivity contribution is 7.98. The zero-order valence-electron chi connectivity index (χ0n) is 14.0. The number of carbonyl (C=O) groups excluding carboxylic acids is 1. The van der Waals surface area contributed by atoms with Crippen LogP contribution in [0.3, 0.4) is 0 Å². The summed E-state index contributed by atoms with van der Waals surface area (Å²) in [6.45, 7) is 0. The van der Waals surface area contributed by atoms with Crippen molar-refractivity contribution in [3.05, 3.63) is 35.3 Å². The van der Waals surface area contributed by atoms with Gasteiger partial charge in [0.05, 0.1) is 19.2 Å². The topological polar surface area (TPSA) is 88.5 Å². The number of carboxylic acids is 1. The van der Waals surface area contributed by atoms with E-state index in [1.807, 2.05) is 35.9 Å². The van der Waals surface area contributed by atoms with E-state index in [0.29, 0.717) is 17.9 Å². The molecule has 0 saturated heterocycles. The van der Waals surface area contributed by atoms with Crippen LogP contribution in [-0.2, 0) is 16.0 Å². The first-order valence-electron chi connectivity index (χ1n) is 7.63. The molecule has 0 unspecified atom stereocenters. The van der Waals surface area contributed by atoms with Crippen molar-refractivity contribution in [1.82, 2.24) is 10.3 Å². The van der Waals surface area contributed by atoms with Gasteiger partial charge in [0.25, 0.3) is 0 Å². The molecule has 0 fully saturated rings. The molecule has 1 atom stereocenters. The summed E-state index contributed by atoms with van der Waals surface area (Å²) in [6, 6.07) is 6.67. The highest BCUT2D eigenvalue weighted by Crippen LogP contribution is 2.27. The van der Waals surface area contributed by atoms with E-state index >= 15 is 0 Å². The Kier molecular flexibility index (Phi) is 7.27. The summed E-state index contributed by atoms with van der Waals surface area (Å²) in [5.74, 6) is 0.0623. The summed E-state index contributed by atoms with van der Waals surface area (Å²) in [7, 11) is 1.60. The van der Waals surface area contributed by atoms with Gasteiger partial charge in [0.15, 0.2) is 0 Å². The van der Waals surface area contributed by atoms with E-state index in [9.17, 15) is 9.59 Å². The van der Waals surface area contributed by atoms with Crippen LogP contribution < -0.4 is 10.1 Å². The standard InChI is InChI=1S/C17H20N2O4S2/c1-23-13-5-3-4-11(8-13)16-18-12(10-25-16)9-15(20)19-14(17(21)22)6-7-24-2/h3-5,8,10,14H,6-7,9H2,1-2H3,(H,19,20)(H,21,22)/t14-/m1/s1. The second-order valence-electron chi connectivity index (χ2n) is 5.29. The lowest BCUT2D eigenvalue weighted by atomic mass is 10.2. The maximum atomic E-state index is 12.1. The molecule has 0 aliphatic heterocycles. The summed E-state index contributed by atoms with van der Waals surface area (Å²) >= 11 is 2.98. The van der Waals surface area contributed by atoms with Crippen LogP contribution in [0.4, 0.5) is 0 Å². The third kappa shape index (κ3) is 5.75. The van der Waals surface area contributed by atoms with Crippen LogP contribution in [0.1, 0.15) is 12.1 Å². The Hall–Kier alpha value is -2.06. The third-order valence-corrected chi connectivity index (χ3v) is 5.04.